The Balaban J connectivity index is 2.10. The lowest BCUT2D eigenvalue weighted by molar-refractivity contribution is 0.506. The summed E-state index contributed by atoms with van der Waals surface area (Å²) in [7, 11) is 0. The molecule has 0 radical (unpaired) electrons. The fourth-order valence-electron chi connectivity index (χ4n) is 2.12. The zero-order valence-electron chi connectivity index (χ0n) is 9.03. The number of hydrogen-bond acceptors (Lipinski definition) is 4. The summed E-state index contributed by atoms with van der Waals surface area (Å²) in [5.74, 6) is 1.09. The van der Waals surface area contributed by atoms with Crippen molar-refractivity contribution in [2.45, 2.75) is 19.4 Å². The number of nitrogens with one attached hydrogen (secondary N) is 1. The molecule has 1 saturated heterocycles. The van der Waals surface area contributed by atoms with E-state index in [-0.39, 0.29) is 6.04 Å². The molecule has 2 rings (SSSR count). The van der Waals surface area contributed by atoms with Crippen LogP contribution in [0.5, 0.6) is 0 Å². The number of nitrogens with zero attached hydrogens (tertiary/aromatic N) is 1. The minimum atomic E-state index is 0.244. The van der Waals surface area contributed by atoms with Crippen molar-refractivity contribution in [2.75, 3.05) is 18.8 Å². The van der Waals surface area contributed by atoms with E-state index in [4.69, 9.17) is 11.5 Å². The standard InChI is InChI=1S/C11H18N4/c1-7-2-9(15-11(13)3-7)4-8-5-14-6-10(8)12/h2-3,8,10,14H,4-6,12H2,1H3,(H2,13,15). The Morgan fingerprint density at radius 2 is 2.27 bits per heavy atom. The number of nitrogens with two attached hydrogens (primary N) is 2. The highest BCUT2D eigenvalue weighted by Gasteiger charge is 2.24. The Morgan fingerprint density at radius 1 is 1.47 bits per heavy atom. The summed E-state index contributed by atoms with van der Waals surface area (Å²) >= 11 is 0. The number of aromatic nitrogens is 1. The van der Waals surface area contributed by atoms with Crippen LogP contribution in [0.3, 0.4) is 0 Å². The van der Waals surface area contributed by atoms with Crippen molar-refractivity contribution in [3.8, 4) is 0 Å². The SMILES string of the molecule is Cc1cc(N)nc(CC2CNCC2N)c1. The van der Waals surface area contributed by atoms with Crippen LogP contribution in [0.4, 0.5) is 5.82 Å². The summed E-state index contributed by atoms with van der Waals surface area (Å²) in [6.45, 7) is 3.93. The molecular formula is C11H18N4. The van der Waals surface area contributed by atoms with Gasteiger partial charge in [-0.3, -0.25) is 0 Å². The van der Waals surface area contributed by atoms with E-state index in [2.05, 4.69) is 16.4 Å². The van der Waals surface area contributed by atoms with Gasteiger partial charge in [0, 0.05) is 18.3 Å². The average molecular weight is 206 g/mol. The van der Waals surface area contributed by atoms with Gasteiger partial charge >= 0.3 is 0 Å². The predicted octanol–water partition coefficient (Wildman–Crippen LogP) is 0.0614. The molecule has 1 fully saturated rings. The Kier molecular flexibility index (Phi) is 2.88. The largest absolute Gasteiger partial charge is 0.384 e. The summed E-state index contributed by atoms with van der Waals surface area (Å²) in [6, 6.07) is 4.21. The second-order valence-corrected chi connectivity index (χ2v) is 4.35. The summed E-state index contributed by atoms with van der Waals surface area (Å²) < 4.78 is 0. The molecule has 0 spiro atoms. The molecule has 1 aromatic rings. The Bertz CT molecular complexity index is 330. The molecule has 0 amide bonds. The van der Waals surface area contributed by atoms with E-state index in [0.29, 0.717) is 11.7 Å². The van der Waals surface area contributed by atoms with Crippen molar-refractivity contribution >= 4 is 5.82 Å². The smallest absolute Gasteiger partial charge is 0.123 e. The maximum Gasteiger partial charge on any atom is 0.123 e. The lowest BCUT2D eigenvalue weighted by Crippen LogP contribution is -2.30. The van der Waals surface area contributed by atoms with Crippen LogP contribution in [0.15, 0.2) is 12.1 Å². The Labute approximate surface area is 90.1 Å². The molecule has 2 atom stereocenters. The monoisotopic (exact) mass is 206 g/mol. The zero-order chi connectivity index (χ0) is 10.8. The fraction of sp³-hybridized carbons (Fsp3) is 0.545. The Morgan fingerprint density at radius 3 is 2.87 bits per heavy atom. The van der Waals surface area contributed by atoms with Crippen LogP contribution in [-0.2, 0) is 6.42 Å². The van der Waals surface area contributed by atoms with Crippen LogP contribution in [0.25, 0.3) is 0 Å². The van der Waals surface area contributed by atoms with Gasteiger partial charge in [-0.25, -0.2) is 4.98 Å². The Hall–Kier alpha value is -1.13. The number of nitrogen functional groups attached to an aromatic ring is 1. The first kappa shape index (κ1) is 10.4. The summed E-state index contributed by atoms with van der Waals surface area (Å²) in [6.07, 6.45) is 0.917. The highest BCUT2D eigenvalue weighted by molar-refractivity contribution is 5.34. The van der Waals surface area contributed by atoms with Crippen molar-refractivity contribution in [1.82, 2.24) is 10.3 Å². The molecule has 15 heavy (non-hydrogen) atoms. The predicted molar refractivity (Wildman–Crippen MR) is 61.4 cm³/mol. The first-order chi connectivity index (χ1) is 7.15. The third-order valence-electron chi connectivity index (χ3n) is 2.91. The average Bonchev–Trinajstić information content (AvgIpc) is 2.50. The second-order valence-electron chi connectivity index (χ2n) is 4.35. The minimum absolute atomic E-state index is 0.244. The van der Waals surface area contributed by atoms with Crippen LogP contribution in [0.1, 0.15) is 11.3 Å². The molecule has 0 saturated carbocycles. The highest BCUT2D eigenvalue weighted by atomic mass is 15.0. The minimum Gasteiger partial charge on any atom is -0.384 e. The molecule has 0 bridgehead atoms. The summed E-state index contributed by atoms with van der Waals surface area (Å²) in [4.78, 5) is 4.33. The van der Waals surface area contributed by atoms with Crippen molar-refractivity contribution in [3.63, 3.8) is 0 Å². The van der Waals surface area contributed by atoms with E-state index in [0.717, 1.165) is 30.8 Å². The quantitative estimate of drug-likeness (QED) is 0.639. The van der Waals surface area contributed by atoms with Crippen LogP contribution in [0.2, 0.25) is 0 Å². The third-order valence-corrected chi connectivity index (χ3v) is 2.91. The van der Waals surface area contributed by atoms with E-state index in [9.17, 15) is 0 Å². The first-order valence-corrected chi connectivity index (χ1v) is 5.34. The molecule has 82 valence electrons. The normalized spacial score (nSPS) is 25.7. The number of aryl methyl sites for hydroxylation is 1. The maximum absolute atomic E-state index is 5.98. The number of rotatable bonds is 2. The van der Waals surface area contributed by atoms with Crippen LogP contribution in [-0.4, -0.2) is 24.1 Å². The summed E-state index contributed by atoms with van der Waals surface area (Å²) in [5, 5.41) is 3.29. The van der Waals surface area contributed by atoms with E-state index in [1.165, 1.54) is 0 Å². The molecule has 1 aliphatic heterocycles. The van der Waals surface area contributed by atoms with Crippen molar-refractivity contribution in [1.29, 1.82) is 0 Å². The highest BCUT2D eigenvalue weighted by Crippen LogP contribution is 2.15. The molecule has 5 N–H and O–H groups in total. The van der Waals surface area contributed by atoms with E-state index < -0.39 is 0 Å². The molecule has 2 heterocycles. The lowest BCUT2D eigenvalue weighted by atomic mass is 9.98. The third kappa shape index (κ3) is 2.46. The maximum atomic E-state index is 5.98. The van der Waals surface area contributed by atoms with Crippen LogP contribution in [0, 0.1) is 12.8 Å². The van der Waals surface area contributed by atoms with Gasteiger partial charge < -0.3 is 16.8 Å². The van der Waals surface area contributed by atoms with Gasteiger partial charge in [0.25, 0.3) is 0 Å². The van der Waals surface area contributed by atoms with Gasteiger partial charge in [0.1, 0.15) is 5.82 Å². The molecule has 0 aliphatic carbocycles. The van der Waals surface area contributed by atoms with Gasteiger partial charge in [0.2, 0.25) is 0 Å². The molecular weight excluding hydrogens is 188 g/mol. The van der Waals surface area contributed by atoms with E-state index in [1.807, 2.05) is 13.0 Å². The van der Waals surface area contributed by atoms with Crippen molar-refractivity contribution < 1.29 is 0 Å². The van der Waals surface area contributed by atoms with Crippen molar-refractivity contribution in [2.24, 2.45) is 11.7 Å². The van der Waals surface area contributed by atoms with Gasteiger partial charge in [-0.1, -0.05) is 0 Å². The number of hydrogen-bond donors (Lipinski definition) is 3. The molecule has 1 aliphatic rings. The number of pyridine rings is 1. The second kappa shape index (κ2) is 4.16. The van der Waals surface area contributed by atoms with E-state index in [1.54, 1.807) is 0 Å². The van der Waals surface area contributed by atoms with Crippen LogP contribution >= 0.6 is 0 Å². The van der Waals surface area contributed by atoms with Gasteiger partial charge in [-0.2, -0.15) is 0 Å². The zero-order valence-corrected chi connectivity index (χ0v) is 9.03. The van der Waals surface area contributed by atoms with Gasteiger partial charge in [0.15, 0.2) is 0 Å². The topological polar surface area (TPSA) is 77.0 Å². The fourth-order valence-corrected chi connectivity index (χ4v) is 2.12. The van der Waals surface area contributed by atoms with E-state index >= 15 is 0 Å². The molecule has 2 unspecified atom stereocenters. The number of anilines is 1. The van der Waals surface area contributed by atoms with Gasteiger partial charge in [0.05, 0.1) is 0 Å². The van der Waals surface area contributed by atoms with Crippen LogP contribution < -0.4 is 16.8 Å². The molecule has 4 nitrogen and oxygen atoms in total. The molecule has 0 aromatic carbocycles. The van der Waals surface area contributed by atoms with Gasteiger partial charge in [-0.15, -0.1) is 0 Å². The molecule has 4 heteroatoms. The lowest BCUT2D eigenvalue weighted by Gasteiger charge is -2.13. The van der Waals surface area contributed by atoms with Gasteiger partial charge in [-0.05, 0) is 43.5 Å². The first-order valence-electron chi connectivity index (χ1n) is 5.34. The van der Waals surface area contributed by atoms with Crippen molar-refractivity contribution in [3.05, 3.63) is 23.4 Å². The molecule has 1 aromatic heterocycles. The summed E-state index contributed by atoms with van der Waals surface area (Å²) in [5.41, 5.74) is 13.9.